The van der Waals surface area contributed by atoms with Crippen molar-refractivity contribution in [2.24, 2.45) is 0 Å². The molecule has 0 aliphatic carbocycles. The van der Waals surface area contributed by atoms with E-state index in [9.17, 15) is 9.90 Å². The number of rotatable bonds is 5. The van der Waals surface area contributed by atoms with Crippen molar-refractivity contribution in [2.45, 2.75) is 6.61 Å². The molecule has 4 nitrogen and oxygen atoms in total. The first-order valence-corrected chi connectivity index (χ1v) is 5.77. The molecule has 0 aliphatic rings. The van der Waals surface area contributed by atoms with E-state index in [1.807, 2.05) is 24.3 Å². The van der Waals surface area contributed by atoms with Gasteiger partial charge in [-0.05, 0) is 29.8 Å². The molecular formula is C15H14O4. The van der Waals surface area contributed by atoms with Crippen molar-refractivity contribution in [3.63, 3.8) is 0 Å². The largest absolute Gasteiger partial charge is 0.504 e. The Kier molecular flexibility index (Phi) is 4.03. The third-order valence-corrected chi connectivity index (χ3v) is 2.71. The van der Waals surface area contributed by atoms with E-state index in [2.05, 4.69) is 0 Å². The monoisotopic (exact) mass is 258 g/mol. The summed E-state index contributed by atoms with van der Waals surface area (Å²) < 4.78 is 10.6. The average molecular weight is 258 g/mol. The van der Waals surface area contributed by atoms with Gasteiger partial charge in [0, 0.05) is 0 Å². The Labute approximate surface area is 111 Å². The molecule has 2 aromatic rings. The van der Waals surface area contributed by atoms with Gasteiger partial charge in [0.2, 0.25) is 0 Å². The van der Waals surface area contributed by atoms with E-state index in [4.69, 9.17) is 9.47 Å². The first-order valence-electron chi connectivity index (χ1n) is 5.77. The van der Waals surface area contributed by atoms with Gasteiger partial charge in [-0.2, -0.15) is 0 Å². The number of para-hydroxylation sites is 1. The van der Waals surface area contributed by atoms with Crippen molar-refractivity contribution in [3.8, 4) is 17.2 Å². The fourth-order valence-corrected chi connectivity index (χ4v) is 1.63. The lowest BCUT2D eigenvalue weighted by molar-refractivity contribution is 0.112. The minimum absolute atomic E-state index is 0.133. The molecule has 0 aromatic heterocycles. The zero-order valence-corrected chi connectivity index (χ0v) is 10.5. The van der Waals surface area contributed by atoms with E-state index in [1.54, 1.807) is 19.2 Å². The minimum Gasteiger partial charge on any atom is -0.504 e. The molecule has 0 saturated carbocycles. The Balaban J connectivity index is 2.07. The summed E-state index contributed by atoms with van der Waals surface area (Å²) in [5.74, 6) is 0.931. The van der Waals surface area contributed by atoms with Crippen LogP contribution in [0.1, 0.15) is 15.9 Å². The van der Waals surface area contributed by atoms with E-state index >= 15 is 0 Å². The molecule has 2 aromatic carbocycles. The molecule has 0 unspecified atom stereocenters. The number of methoxy groups -OCH3 is 1. The Morgan fingerprint density at radius 2 is 1.89 bits per heavy atom. The second-order valence-corrected chi connectivity index (χ2v) is 3.95. The fraction of sp³-hybridized carbons (Fsp3) is 0.133. The lowest BCUT2D eigenvalue weighted by Crippen LogP contribution is -1.96. The SMILES string of the molecule is COc1ccc(COc2cccc(C=O)c2O)cc1. The molecule has 98 valence electrons. The number of hydrogen-bond donors (Lipinski definition) is 1. The predicted octanol–water partition coefficient (Wildman–Crippen LogP) is 2.79. The maximum absolute atomic E-state index is 10.7. The standard InChI is InChI=1S/C15H14O4/c1-18-13-7-5-11(6-8-13)10-19-14-4-2-3-12(9-16)15(14)17/h2-9,17H,10H2,1H3. The zero-order valence-electron chi connectivity index (χ0n) is 10.5. The molecule has 0 bridgehead atoms. The molecule has 0 spiro atoms. The molecule has 0 amide bonds. The Morgan fingerprint density at radius 1 is 1.16 bits per heavy atom. The van der Waals surface area contributed by atoms with Crippen LogP contribution in [0.4, 0.5) is 0 Å². The fourth-order valence-electron chi connectivity index (χ4n) is 1.63. The van der Waals surface area contributed by atoms with Crippen molar-refractivity contribution < 1.29 is 19.4 Å². The van der Waals surface area contributed by atoms with E-state index < -0.39 is 0 Å². The Bertz CT molecular complexity index is 561. The summed E-state index contributed by atoms with van der Waals surface area (Å²) in [5.41, 5.74) is 1.16. The van der Waals surface area contributed by atoms with Crippen molar-refractivity contribution in [3.05, 3.63) is 53.6 Å². The summed E-state index contributed by atoms with van der Waals surface area (Å²) in [4.78, 5) is 10.7. The summed E-state index contributed by atoms with van der Waals surface area (Å²) in [6.07, 6.45) is 0.593. The molecular weight excluding hydrogens is 244 g/mol. The second kappa shape index (κ2) is 5.91. The topological polar surface area (TPSA) is 55.8 Å². The van der Waals surface area contributed by atoms with Gasteiger partial charge in [0.05, 0.1) is 12.7 Å². The van der Waals surface area contributed by atoms with Crippen LogP contribution in [0.3, 0.4) is 0 Å². The Morgan fingerprint density at radius 3 is 2.53 bits per heavy atom. The van der Waals surface area contributed by atoms with E-state index in [0.29, 0.717) is 18.6 Å². The van der Waals surface area contributed by atoms with Crippen LogP contribution in [0.2, 0.25) is 0 Å². The molecule has 0 aliphatic heterocycles. The first-order chi connectivity index (χ1) is 9.24. The van der Waals surface area contributed by atoms with Crippen LogP contribution in [0.5, 0.6) is 17.2 Å². The van der Waals surface area contributed by atoms with Gasteiger partial charge in [0.25, 0.3) is 0 Å². The number of benzene rings is 2. The zero-order chi connectivity index (χ0) is 13.7. The van der Waals surface area contributed by atoms with Crippen LogP contribution in [0, 0.1) is 0 Å². The molecule has 0 fully saturated rings. The second-order valence-electron chi connectivity index (χ2n) is 3.95. The van der Waals surface area contributed by atoms with Crippen LogP contribution in [0.15, 0.2) is 42.5 Å². The van der Waals surface area contributed by atoms with Gasteiger partial charge in [0.1, 0.15) is 12.4 Å². The normalized spacial score (nSPS) is 9.95. The number of ether oxygens (including phenoxy) is 2. The molecule has 0 heterocycles. The third kappa shape index (κ3) is 3.04. The number of phenolic OH excluding ortho intramolecular Hbond substituents is 1. The van der Waals surface area contributed by atoms with Crippen LogP contribution in [-0.4, -0.2) is 18.5 Å². The molecule has 1 N–H and O–H groups in total. The highest BCUT2D eigenvalue weighted by molar-refractivity contribution is 5.80. The highest BCUT2D eigenvalue weighted by Crippen LogP contribution is 2.29. The molecule has 0 saturated heterocycles. The highest BCUT2D eigenvalue weighted by Gasteiger charge is 2.07. The minimum atomic E-state index is -0.133. The van der Waals surface area contributed by atoms with Gasteiger partial charge < -0.3 is 14.6 Å². The van der Waals surface area contributed by atoms with Crippen molar-refractivity contribution >= 4 is 6.29 Å². The lowest BCUT2D eigenvalue weighted by atomic mass is 10.2. The number of carbonyl (C=O) groups is 1. The van der Waals surface area contributed by atoms with Gasteiger partial charge >= 0.3 is 0 Å². The van der Waals surface area contributed by atoms with E-state index in [1.165, 1.54) is 6.07 Å². The number of carbonyl (C=O) groups excluding carboxylic acids is 1. The quantitative estimate of drug-likeness (QED) is 0.838. The average Bonchev–Trinajstić information content (AvgIpc) is 2.47. The van der Waals surface area contributed by atoms with Gasteiger partial charge in [0.15, 0.2) is 17.8 Å². The number of aldehydes is 1. The molecule has 0 radical (unpaired) electrons. The molecule has 19 heavy (non-hydrogen) atoms. The lowest BCUT2D eigenvalue weighted by Gasteiger charge is -2.09. The Hall–Kier alpha value is -2.49. The number of phenols is 1. The highest BCUT2D eigenvalue weighted by atomic mass is 16.5. The summed E-state index contributed by atoms with van der Waals surface area (Å²) in [6.45, 7) is 0.305. The maximum atomic E-state index is 10.7. The third-order valence-electron chi connectivity index (χ3n) is 2.71. The number of aromatic hydroxyl groups is 1. The van der Waals surface area contributed by atoms with Gasteiger partial charge in [-0.15, -0.1) is 0 Å². The summed E-state index contributed by atoms with van der Waals surface area (Å²) in [7, 11) is 1.61. The molecule has 2 rings (SSSR count). The first kappa shape index (κ1) is 13.0. The predicted molar refractivity (Wildman–Crippen MR) is 70.8 cm³/mol. The maximum Gasteiger partial charge on any atom is 0.168 e. The van der Waals surface area contributed by atoms with Crippen LogP contribution < -0.4 is 9.47 Å². The van der Waals surface area contributed by atoms with Crippen LogP contribution >= 0.6 is 0 Å². The molecule has 0 atom stereocenters. The van der Waals surface area contributed by atoms with Gasteiger partial charge in [-0.1, -0.05) is 18.2 Å². The summed E-state index contributed by atoms with van der Waals surface area (Å²) in [5, 5.41) is 9.77. The van der Waals surface area contributed by atoms with Crippen molar-refractivity contribution in [1.29, 1.82) is 0 Å². The summed E-state index contributed by atoms with van der Waals surface area (Å²) >= 11 is 0. The smallest absolute Gasteiger partial charge is 0.168 e. The molecule has 4 heteroatoms. The van der Waals surface area contributed by atoms with Gasteiger partial charge in [-0.3, -0.25) is 4.79 Å². The van der Waals surface area contributed by atoms with Crippen molar-refractivity contribution in [1.82, 2.24) is 0 Å². The van der Waals surface area contributed by atoms with Crippen molar-refractivity contribution in [2.75, 3.05) is 7.11 Å². The summed E-state index contributed by atoms with van der Waals surface area (Å²) in [6, 6.07) is 12.2. The van der Waals surface area contributed by atoms with E-state index in [0.717, 1.165) is 11.3 Å². The van der Waals surface area contributed by atoms with E-state index in [-0.39, 0.29) is 11.3 Å². The van der Waals surface area contributed by atoms with Crippen LogP contribution in [0.25, 0.3) is 0 Å². The number of hydrogen-bond acceptors (Lipinski definition) is 4. The van der Waals surface area contributed by atoms with Crippen LogP contribution in [-0.2, 0) is 6.61 Å². The van der Waals surface area contributed by atoms with Gasteiger partial charge in [-0.25, -0.2) is 0 Å².